The van der Waals surface area contributed by atoms with Gasteiger partial charge in [-0.2, -0.15) is 4.31 Å². The molecule has 2 aliphatic heterocycles. The molecule has 0 aliphatic carbocycles. The van der Waals surface area contributed by atoms with E-state index in [1.54, 1.807) is 28.6 Å². The third kappa shape index (κ3) is 4.49. The highest BCUT2D eigenvalue weighted by molar-refractivity contribution is 7.89. The van der Waals surface area contributed by atoms with Crippen molar-refractivity contribution in [2.75, 3.05) is 26.2 Å². The fourth-order valence-corrected chi connectivity index (χ4v) is 7.17. The summed E-state index contributed by atoms with van der Waals surface area (Å²) in [5.74, 6) is 1.81. The molecular formula is C26H32N4O3S. The third-order valence-electron chi connectivity index (χ3n) is 7.13. The first-order valence-corrected chi connectivity index (χ1v) is 13.6. The van der Waals surface area contributed by atoms with Crippen molar-refractivity contribution in [3.05, 3.63) is 59.9 Å². The summed E-state index contributed by atoms with van der Waals surface area (Å²) in [6.07, 6.45) is 2.69. The van der Waals surface area contributed by atoms with Crippen LogP contribution in [0.4, 0.5) is 0 Å². The second kappa shape index (κ2) is 9.15. The maximum Gasteiger partial charge on any atom is 0.253 e. The van der Waals surface area contributed by atoms with Gasteiger partial charge in [0.15, 0.2) is 0 Å². The Bertz CT molecular complexity index is 1250. The number of imidazole rings is 1. The number of carbonyl (C=O) groups excluding carboxylic acids is 1. The van der Waals surface area contributed by atoms with E-state index in [1.807, 2.05) is 29.2 Å². The molecule has 0 radical (unpaired) electrons. The van der Waals surface area contributed by atoms with Crippen LogP contribution in [0, 0.1) is 11.8 Å². The molecule has 0 spiro atoms. The molecular weight excluding hydrogens is 448 g/mol. The van der Waals surface area contributed by atoms with Gasteiger partial charge < -0.3 is 9.88 Å². The number of nitrogens with zero attached hydrogens (tertiary/aromatic N) is 3. The predicted molar refractivity (Wildman–Crippen MR) is 132 cm³/mol. The second-order valence-corrected chi connectivity index (χ2v) is 11.9. The lowest BCUT2D eigenvalue weighted by Crippen LogP contribution is -2.42. The van der Waals surface area contributed by atoms with Crippen molar-refractivity contribution in [1.82, 2.24) is 19.2 Å². The zero-order valence-electron chi connectivity index (χ0n) is 19.8. The fourth-order valence-electron chi connectivity index (χ4n) is 5.45. The molecule has 8 heteroatoms. The Labute approximate surface area is 201 Å². The standard InChI is InChI=1S/C26H32N4O3S/c1-18-14-19(2)17-30(16-18)34(32,33)22-7-5-6-21(15-22)26(31)29-12-10-20(11-13-29)25-27-23-8-3-4-9-24(23)28-25/h3-9,15,18-20H,10-14,16-17H2,1-2H3,(H,27,28). The number of aromatic nitrogens is 2. The minimum absolute atomic E-state index is 0.111. The van der Waals surface area contributed by atoms with Gasteiger partial charge in [0.05, 0.1) is 15.9 Å². The smallest absolute Gasteiger partial charge is 0.253 e. The largest absolute Gasteiger partial charge is 0.342 e. The number of para-hydroxylation sites is 2. The van der Waals surface area contributed by atoms with E-state index < -0.39 is 10.0 Å². The molecule has 5 rings (SSSR count). The maximum absolute atomic E-state index is 13.3. The number of sulfonamides is 1. The molecule has 0 bridgehead atoms. The van der Waals surface area contributed by atoms with E-state index in [4.69, 9.17) is 4.98 Å². The van der Waals surface area contributed by atoms with Crippen molar-refractivity contribution in [2.24, 2.45) is 11.8 Å². The van der Waals surface area contributed by atoms with Gasteiger partial charge in [-0.3, -0.25) is 4.79 Å². The van der Waals surface area contributed by atoms with Gasteiger partial charge in [0.1, 0.15) is 5.82 Å². The van der Waals surface area contributed by atoms with Crippen molar-refractivity contribution in [3.8, 4) is 0 Å². The number of fused-ring (bicyclic) bond motifs is 1. The van der Waals surface area contributed by atoms with Crippen LogP contribution >= 0.6 is 0 Å². The van der Waals surface area contributed by atoms with Gasteiger partial charge in [-0.25, -0.2) is 13.4 Å². The lowest BCUT2D eigenvalue weighted by molar-refractivity contribution is 0.0711. The first-order valence-electron chi connectivity index (χ1n) is 12.2. The Morgan fingerprint density at radius 2 is 1.71 bits per heavy atom. The molecule has 2 aliphatic rings. The molecule has 34 heavy (non-hydrogen) atoms. The number of rotatable bonds is 4. The summed E-state index contributed by atoms with van der Waals surface area (Å²) >= 11 is 0. The normalized spacial score (nSPS) is 22.8. The first-order chi connectivity index (χ1) is 16.3. The van der Waals surface area contributed by atoms with E-state index in [2.05, 4.69) is 18.8 Å². The Morgan fingerprint density at radius 3 is 2.41 bits per heavy atom. The third-order valence-corrected chi connectivity index (χ3v) is 8.96. The minimum Gasteiger partial charge on any atom is -0.342 e. The second-order valence-electron chi connectivity index (χ2n) is 10.0. The minimum atomic E-state index is -3.62. The van der Waals surface area contributed by atoms with Gasteiger partial charge in [0.2, 0.25) is 10.0 Å². The van der Waals surface area contributed by atoms with Crippen LogP contribution in [0.15, 0.2) is 53.4 Å². The van der Waals surface area contributed by atoms with Crippen molar-refractivity contribution in [2.45, 2.75) is 43.9 Å². The average molecular weight is 481 g/mol. The number of hydrogen-bond acceptors (Lipinski definition) is 4. The highest BCUT2D eigenvalue weighted by Gasteiger charge is 2.32. The molecule has 180 valence electrons. The number of nitrogens with one attached hydrogen (secondary N) is 1. The van der Waals surface area contributed by atoms with Crippen LogP contribution in [0.1, 0.15) is 55.2 Å². The number of hydrogen-bond donors (Lipinski definition) is 1. The van der Waals surface area contributed by atoms with E-state index >= 15 is 0 Å². The number of aromatic amines is 1. The Balaban J connectivity index is 1.28. The summed E-state index contributed by atoms with van der Waals surface area (Å²) in [4.78, 5) is 23.4. The predicted octanol–water partition coefficient (Wildman–Crippen LogP) is 4.25. The summed E-state index contributed by atoms with van der Waals surface area (Å²) in [6, 6.07) is 14.5. The quantitative estimate of drug-likeness (QED) is 0.605. The highest BCUT2D eigenvalue weighted by atomic mass is 32.2. The van der Waals surface area contributed by atoms with Gasteiger partial charge in [0, 0.05) is 37.7 Å². The van der Waals surface area contributed by atoms with Crippen molar-refractivity contribution < 1.29 is 13.2 Å². The van der Waals surface area contributed by atoms with Crippen LogP contribution in [-0.2, 0) is 10.0 Å². The molecule has 3 aromatic rings. The number of piperidine rings is 2. The molecule has 0 saturated carbocycles. The van der Waals surface area contributed by atoms with Crippen LogP contribution in [0.2, 0.25) is 0 Å². The zero-order chi connectivity index (χ0) is 23.9. The highest BCUT2D eigenvalue weighted by Crippen LogP contribution is 2.30. The summed E-state index contributed by atoms with van der Waals surface area (Å²) in [5, 5.41) is 0. The lowest BCUT2D eigenvalue weighted by Gasteiger charge is -2.34. The number of carbonyl (C=O) groups is 1. The topological polar surface area (TPSA) is 86.4 Å². The van der Waals surface area contributed by atoms with E-state index in [0.717, 1.165) is 36.1 Å². The number of likely N-dealkylation sites (tertiary alicyclic amines) is 1. The summed E-state index contributed by atoms with van der Waals surface area (Å²) < 4.78 is 28.2. The van der Waals surface area contributed by atoms with Gasteiger partial charge in [-0.05, 0) is 61.4 Å². The molecule has 2 saturated heterocycles. The molecule has 3 heterocycles. The molecule has 2 aromatic carbocycles. The van der Waals surface area contributed by atoms with Crippen LogP contribution in [0.5, 0.6) is 0 Å². The van der Waals surface area contributed by atoms with Crippen LogP contribution in [-0.4, -0.2) is 59.7 Å². The molecule has 1 amide bonds. The summed E-state index contributed by atoms with van der Waals surface area (Å²) in [5.41, 5.74) is 2.43. The number of amides is 1. The summed E-state index contributed by atoms with van der Waals surface area (Å²) in [7, 11) is -3.62. The van der Waals surface area contributed by atoms with Crippen LogP contribution in [0.3, 0.4) is 0 Å². The van der Waals surface area contributed by atoms with Crippen LogP contribution in [0.25, 0.3) is 11.0 Å². The van der Waals surface area contributed by atoms with Gasteiger partial charge in [0.25, 0.3) is 5.91 Å². The van der Waals surface area contributed by atoms with Crippen molar-refractivity contribution >= 4 is 27.0 Å². The van der Waals surface area contributed by atoms with E-state index in [9.17, 15) is 13.2 Å². The first kappa shape index (κ1) is 23.1. The Hall–Kier alpha value is -2.71. The maximum atomic E-state index is 13.3. The molecule has 2 atom stereocenters. The molecule has 1 aromatic heterocycles. The van der Waals surface area contributed by atoms with Crippen molar-refractivity contribution in [1.29, 1.82) is 0 Å². The van der Waals surface area contributed by atoms with E-state index in [0.29, 0.717) is 43.6 Å². The summed E-state index contributed by atoms with van der Waals surface area (Å²) in [6.45, 7) is 6.48. The monoisotopic (exact) mass is 480 g/mol. The number of benzene rings is 2. The van der Waals surface area contributed by atoms with E-state index in [1.165, 1.54) is 0 Å². The number of H-pyrrole nitrogens is 1. The average Bonchev–Trinajstić information content (AvgIpc) is 3.27. The van der Waals surface area contributed by atoms with E-state index in [-0.39, 0.29) is 16.7 Å². The van der Waals surface area contributed by atoms with Gasteiger partial charge in [-0.15, -0.1) is 0 Å². The van der Waals surface area contributed by atoms with Crippen LogP contribution < -0.4 is 0 Å². The molecule has 2 fully saturated rings. The van der Waals surface area contributed by atoms with Gasteiger partial charge >= 0.3 is 0 Å². The molecule has 7 nitrogen and oxygen atoms in total. The Kier molecular flexibility index (Phi) is 6.20. The molecule has 1 N–H and O–H groups in total. The molecule has 2 unspecified atom stereocenters. The lowest BCUT2D eigenvalue weighted by atomic mass is 9.94. The van der Waals surface area contributed by atoms with Gasteiger partial charge in [-0.1, -0.05) is 32.0 Å². The SMILES string of the molecule is CC1CC(C)CN(S(=O)(=O)c2cccc(C(=O)N3CCC(c4nc5ccccc5[nH]4)CC3)c2)C1. The van der Waals surface area contributed by atoms with Crippen molar-refractivity contribution in [3.63, 3.8) is 0 Å². The Morgan fingerprint density at radius 1 is 1.00 bits per heavy atom. The fraction of sp³-hybridized carbons (Fsp3) is 0.462. The zero-order valence-corrected chi connectivity index (χ0v) is 20.6.